The minimum atomic E-state index is 0.0737. The van der Waals surface area contributed by atoms with Crippen LogP contribution in [0, 0.1) is 0 Å². The lowest BCUT2D eigenvalue weighted by molar-refractivity contribution is 0.0945. The smallest absolute Gasteiger partial charge is 0.0697 e. The Kier molecular flexibility index (Phi) is 4.29. The van der Waals surface area contributed by atoms with Crippen molar-refractivity contribution in [2.24, 2.45) is 0 Å². The SMILES string of the molecule is Nc1ccccc1CCOCCO. The first-order valence-electron chi connectivity index (χ1n) is 4.36. The quantitative estimate of drug-likeness (QED) is 0.522. The summed E-state index contributed by atoms with van der Waals surface area (Å²) in [7, 11) is 0. The van der Waals surface area contributed by atoms with Crippen LogP contribution in [-0.2, 0) is 11.2 Å². The second-order valence-electron chi connectivity index (χ2n) is 2.78. The van der Waals surface area contributed by atoms with Gasteiger partial charge >= 0.3 is 0 Å². The molecule has 13 heavy (non-hydrogen) atoms. The molecule has 0 aliphatic carbocycles. The normalized spacial score (nSPS) is 10.2. The van der Waals surface area contributed by atoms with Gasteiger partial charge in [-0.15, -0.1) is 0 Å². The Balaban J connectivity index is 2.32. The van der Waals surface area contributed by atoms with E-state index in [9.17, 15) is 0 Å². The van der Waals surface area contributed by atoms with E-state index in [0.29, 0.717) is 13.2 Å². The lowest BCUT2D eigenvalue weighted by Gasteiger charge is -2.05. The predicted octanol–water partition coefficient (Wildman–Crippen LogP) is 0.820. The highest BCUT2D eigenvalue weighted by Crippen LogP contribution is 2.10. The van der Waals surface area contributed by atoms with Crippen molar-refractivity contribution in [2.45, 2.75) is 6.42 Å². The first-order valence-corrected chi connectivity index (χ1v) is 4.36. The van der Waals surface area contributed by atoms with E-state index in [4.69, 9.17) is 15.6 Å². The molecule has 72 valence electrons. The van der Waals surface area contributed by atoms with E-state index < -0.39 is 0 Å². The van der Waals surface area contributed by atoms with Crippen LogP contribution in [0.4, 0.5) is 5.69 Å². The van der Waals surface area contributed by atoms with E-state index in [2.05, 4.69) is 0 Å². The maximum atomic E-state index is 8.47. The van der Waals surface area contributed by atoms with Crippen LogP contribution in [0.2, 0.25) is 0 Å². The molecule has 0 bridgehead atoms. The molecule has 0 unspecified atom stereocenters. The number of aliphatic hydroxyl groups is 1. The minimum Gasteiger partial charge on any atom is -0.399 e. The molecule has 0 saturated heterocycles. The van der Waals surface area contributed by atoms with Crippen LogP contribution in [0.1, 0.15) is 5.56 Å². The van der Waals surface area contributed by atoms with E-state index in [1.807, 2.05) is 24.3 Å². The minimum absolute atomic E-state index is 0.0737. The molecule has 0 fully saturated rings. The second kappa shape index (κ2) is 5.56. The Bertz CT molecular complexity index is 250. The first kappa shape index (κ1) is 10.0. The first-order chi connectivity index (χ1) is 6.34. The fourth-order valence-corrected chi connectivity index (χ4v) is 1.11. The number of rotatable bonds is 5. The van der Waals surface area contributed by atoms with Crippen molar-refractivity contribution in [2.75, 3.05) is 25.6 Å². The highest BCUT2D eigenvalue weighted by Gasteiger charge is 1.96. The lowest BCUT2D eigenvalue weighted by Crippen LogP contribution is -2.04. The Labute approximate surface area is 78.1 Å². The third kappa shape index (κ3) is 3.44. The van der Waals surface area contributed by atoms with Gasteiger partial charge in [0.05, 0.1) is 19.8 Å². The number of ether oxygens (including phenoxy) is 1. The van der Waals surface area contributed by atoms with Crippen LogP contribution in [-0.4, -0.2) is 24.9 Å². The molecule has 0 aliphatic rings. The number of aliphatic hydroxyl groups excluding tert-OH is 1. The summed E-state index contributed by atoms with van der Waals surface area (Å²) in [4.78, 5) is 0. The van der Waals surface area contributed by atoms with Crippen LogP contribution < -0.4 is 5.73 Å². The summed E-state index contributed by atoms with van der Waals surface area (Å²) in [6, 6.07) is 7.73. The predicted molar refractivity (Wildman–Crippen MR) is 52.5 cm³/mol. The third-order valence-corrected chi connectivity index (χ3v) is 1.81. The number of para-hydroxylation sites is 1. The van der Waals surface area contributed by atoms with Crippen molar-refractivity contribution in [3.8, 4) is 0 Å². The zero-order chi connectivity index (χ0) is 9.52. The number of hydrogen-bond acceptors (Lipinski definition) is 3. The maximum absolute atomic E-state index is 8.47. The molecule has 1 rings (SSSR count). The molecule has 0 heterocycles. The summed E-state index contributed by atoms with van der Waals surface area (Å²) in [5.41, 5.74) is 7.63. The lowest BCUT2D eigenvalue weighted by atomic mass is 10.1. The monoisotopic (exact) mass is 181 g/mol. The molecule has 0 amide bonds. The number of anilines is 1. The molecule has 0 radical (unpaired) electrons. The number of nitrogen functional groups attached to an aromatic ring is 1. The van der Waals surface area contributed by atoms with Crippen molar-refractivity contribution < 1.29 is 9.84 Å². The fourth-order valence-electron chi connectivity index (χ4n) is 1.11. The average Bonchev–Trinajstić information content (AvgIpc) is 2.15. The van der Waals surface area contributed by atoms with Gasteiger partial charge in [0.1, 0.15) is 0 Å². The van der Waals surface area contributed by atoms with Crippen molar-refractivity contribution in [1.29, 1.82) is 0 Å². The Morgan fingerprint density at radius 2 is 2.00 bits per heavy atom. The van der Waals surface area contributed by atoms with E-state index >= 15 is 0 Å². The maximum Gasteiger partial charge on any atom is 0.0697 e. The van der Waals surface area contributed by atoms with E-state index in [1.165, 1.54) is 0 Å². The molecular weight excluding hydrogens is 166 g/mol. The Morgan fingerprint density at radius 1 is 1.23 bits per heavy atom. The molecule has 0 spiro atoms. The molecule has 3 nitrogen and oxygen atoms in total. The molecule has 0 aliphatic heterocycles. The summed E-state index contributed by atoms with van der Waals surface area (Å²) in [6.45, 7) is 1.08. The molecule has 0 aromatic heterocycles. The van der Waals surface area contributed by atoms with Gasteiger partial charge in [0.2, 0.25) is 0 Å². The number of nitrogens with two attached hydrogens (primary N) is 1. The molecule has 1 aromatic rings. The van der Waals surface area contributed by atoms with Crippen molar-refractivity contribution in [3.63, 3.8) is 0 Å². The van der Waals surface area contributed by atoms with Gasteiger partial charge in [-0.2, -0.15) is 0 Å². The van der Waals surface area contributed by atoms with Gasteiger partial charge in [-0.1, -0.05) is 18.2 Å². The van der Waals surface area contributed by atoms with Gasteiger partial charge < -0.3 is 15.6 Å². The second-order valence-corrected chi connectivity index (χ2v) is 2.78. The van der Waals surface area contributed by atoms with Gasteiger partial charge in [0.15, 0.2) is 0 Å². The molecule has 3 heteroatoms. The van der Waals surface area contributed by atoms with Crippen LogP contribution in [0.3, 0.4) is 0 Å². The molecule has 1 aromatic carbocycles. The zero-order valence-electron chi connectivity index (χ0n) is 7.57. The van der Waals surface area contributed by atoms with Gasteiger partial charge in [0.25, 0.3) is 0 Å². The molecule has 0 atom stereocenters. The molecule has 3 N–H and O–H groups in total. The van der Waals surface area contributed by atoms with E-state index in [-0.39, 0.29) is 6.61 Å². The van der Waals surface area contributed by atoms with E-state index in [0.717, 1.165) is 17.7 Å². The van der Waals surface area contributed by atoms with Gasteiger partial charge in [-0.3, -0.25) is 0 Å². The largest absolute Gasteiger partial charge is 0.399 e. The van der Waals surface area contributed by atoms with Crippen LogP contribution in [0.25, 0.3) is 0 Å². The van der Waals surface area contributed by atoms with Crippen LogP contribution in [0.5, 0.6) is 0 Å². The van der Waals surface area contributed by atoms with Crippen molar-refractivity contribution in [3.05, 3.63) is 29.8 Å². The van der Waals surface area contributed by atoms with Crippen molar-refractivity contribution in [1.82, 2.24) is 0 Å². The fraction of sp³-hybridized carbons (Fsp3) is 0.400. The highest BCUT2D eigenvalue weighted by atomic mass is 16.5. The summed E-state index contributed by atoms with van der Waals surface area (Å²) >= 11 is 0. The standard InChI is InChI=1S/C10H15NO2/c11-10-4-2-1-3-9(10)5-7-13-8-6-12/h1-4,12H,5-8,11H2. The van der Waals surface area contributed by atoms with Crippen LogP contribution >= 0.6 is 0 Å². The zero-order valence-corrected chi connectivity index (χ0v) is 7.57. The van der Waals surface area contributed by atoms with E-state index in [1.54, 1.807) is 0 Å². The van der Waals surface area contributed by atoms with Crippen LogP contribution in [0.15, 0.2) is 24.3 Å². The van der Waals surface area contributed by atoms with Gasteiger partial charge in [0, 0.05) is 5.69 Å². The van der Waals surface area contributed by atoms with Gasteiger partial charge in [-0.25, -0.2) is 0 Å². The summed E-state index contributed by atoms with van der Waals surface area (Å²) in [6.07, 6.45) is 0.798. The molecule has 0 saturated carbocycles. The highest BCUT2D eigenvalue weighted by molar-refractivity contribution is 5.46. The number of benzene rings is 1. The van der Waals surface area contributed by atoms with Crippen molar-refractivity contribution >= 4 is 5.69 Å². The average molecular weight is 181 g/mol. The third-order valence-electron chi connectivity index (χ3n) is 1.81. The summed E-state index contributed by atoms with van der Waals surface area (Å²) in [5, 5.41) is 8.47. The Hall–Kier alpha value is -1.06. The summed E-state index contributed by atoms with van der Waals surface area (Å²) < 4.78 is 5.14. The topological polar surface area (TPSA) is 55.5 Å². The van der Waals surface area contributed by atoms with Gasteiger partial charge in [-0.05, 0) is 18.1 Å². The summed E-state index contributed by atoms with van der Waals surface area (Å²) in [5.74, 6) is 0. The Morgan fingerprint density at radius 3 is 2.69 bits per heavy atom. The number of hydrogen-bond donors (Lipinski definition) is 2. The molecular formula is C10H15NO2.